The van der Waals surface area contributed by atoms with Crippen LogP contribution in [0.25, 0.3) is 0 Å². The average molecular weight is 1460 g/mol. The number of aliphatic imine (C=N–C) groups is 5. The van der Waals surface area contributed by atoms with Gasteiger partial charge in [0.25, 0.3) is 0 Å². The highest BCUT2D eigenvalue weighted by molar-refractivity contribution is 5.99. The molecule has 0 aliphatic heterocycles. The molecule has 0 aliphatic rings. The number of benzene rings is 1. The van der Waals surface area contributed by atoms with Crippen molar-refractivity contribution < 1.29 is 67.7 Å². The molecule has 0 aromatic heterocycles. The van der Waals surface area contributed by atoms with Crippen molar-refractivity contribution in [2.45, 2.75) is 176 Å². The third-order valence-corrected chi connectivity index (χ3v) is 15.0. The van der Waals surface area contributed by atoms with Crippen LogP contribution in [-0.2, 0) is 64.0 Å². The Kier molecular flexibility index (Phi) is 44.6. The number of guanidine groups is 5. The standard InChI is InChI=1S/C60H109N29O14/c61-23-3-1-10-37(84-48(95)36(81-45(92)31-63)13-6-26-76-57(67)68)49(96)85-38(11-2-4-24-62)50(97)86-40(15-8-28-78-59(71)72)52(99)87-41(16-9-29-79-60(73)74)53(100)89-42(21-22-44(64)91)54(101)88-39(14-7-27-77-58(69)70)51(98)83-35(12-5-25-75-56(65)66)47(94)80-32-46(93)82-43(55(102)103)30-33-17-19-34(90)20-18-33/h17-20,35-43,90H,1-16,21-32,61-63H2,(H2,64,91)(H,80,94)(H,81,92)(H,82,93)(H,83,98)(H,84,95)(H,85,96)(H,86,97)(H,87,99)(H,88,101)(H,89,100)(H,102,103)(H4,65,66,75)(H4,67,68,76)(H4,69,70,77)(H4,71,72,78)(H4,73,74,79)/t35-,36-,37-,38-,39-,40-,41-,42-,43-/m0/s1. The quantitative estimate of drug-likeness (QED) is 0.0164. The maximum absolute atomic E-state index is 14.7. The van der Waals surface area contributed by atoms with Crippen molar-refractivity contribution in [1.29, 1.82) is 0 Å². The van der Waals surface area contributed by atoms with E-state index in [1.165, 1.54) is 24.3 Å². The fourth-order valence-electron chi connectivity index (χ4n) is 9.70. The highest BCUT2D eigenvalue weighted by Gasteiger charge is 2.35. The summed E-state index contributed by atoms with van der Waals surface area (Å²) < 4.78 is 0. The van der Waals surface area contributed by atoms with Crippen LogP contribution in [0, 0.1) is 0 Å². The van der Waals surface area contributed by atoms with Crippen LogP contribution in [0.4, 0.5) is 0 Å². The van der Waals surface area contributed by atoms with Gasteiger partial charge in [0.1, 0.15) is 60.1 Å². The monoisotopic (exact) mass is 1460 g/mol. The van der Waals surface area contributed by atoms with E-state index in [1.54, 1.807) is 0 Å². The molecule has 0 bridgehead atoms. The zero-order valence-corrected chi connectivity index (χ0v) is 57.9. The number of nitrogens with two attached hydrogens (primary N) is 14. The second kappa shape index (κ2) is 51.1. The Hall–Kier alpha value is -11.1. The van der Waals surface area contributed by atoms with Gasteiger partial charge in [0.15, 0.2) is 29.8 Å². The summed E-state index contributed by atoms with van der Waals surface area (Å²) in [5.74, 6) is -13.1. The van der Waals surface area contributed by atoms with Gasteiger partial charge in [0.05, 0.1) is 13.1 Å². The molecular weight excluding hydrogens is 1350 g/mol. The minimum absolute atomic E-state index is 0.00388. The van der Waals surface area contributed by atoms with Crippen molar-refractivity contribution in [2.24, 2.45) is 105 Å². The minimum atomic E-state index is -1.73. The minimum Gasteiger partial charge on any atom is -0.508 e. The van der Waals surface area contributed by atoms with Gasteiger partial charge < -0.3 is 144 Å². The van der Waals surface area contributed by atoms with Gasteiger partial charge >= 0.3 is 5.97 Å². The van der Waals surface area contributed by atoms with Crippen LogP contribution in [0.2, 0.25) is 0 Å². The van der Waals surface area contributed by atoms with Crippen molar-refractivity contribution in [1.82, 2.24) is 53.2 Å². The molecule has 0 aliphatic carbocycles. The molecule has 1 aromatic carbocycles. The molecule has 1 rings (SSSR count). The van der Waals surface area contributed by atoms with E-state index in [4.69, 9.17) is 80.3 Å². The van der Waals surface area contributed by atoms with Crippen LogP contribution in [0.1, 0.15) is 121 Å². The van der Waals surface area contributed by atoms with E-state index in [-0.39, 0.29) is 171 Å². The van der Waals surface area contributed by atoms with Crippen LogP contribution in [-0.4, -0.2) is 224 Å². The molecule has 0 radical (unpaired) electrons. The number of rotatable bonds is 54. The predicted octanol–water partition coefficient (Wildman–Crippen LogP) is -10.8. The largest absolute Gasteiger partial charge is 0.508 e. The molecule has 43 heteroatoms. The van der Waals surface area contributed by atoms with E-state index < -0.39 is 151 Å². The third-order valence-electron chi connectivity index (χ3n) is 15.0. The van der Waals surface area contributed by atoms with Crippen LogP contribution >= 0.6 is 0 Å². The maximum atomic E-state index is 14.7. The fraction of sp³-hybridized carbons (Fsp3) is 0.617. The molecule has 0 heterocycles. The topological polar surface area (TPSA) is 792 Å². The SMILES string of the molecule is NCCCC[C@H](NC(=O)[C@H](CCCN=C(N)N)NC(=O)CN)C(=O)N[C@@H](CCCCN)C(=O)N[C@@H](CCCN=C(N)N)C(=O)N[C@@H](CCCN=C(N)N)C(=O)N[C@@H](CCC(N)=O)C(=O)N[C@@H](CCCN=C(N)N)C(=O)N[C@@H](CCCN=C(N)N)C(=O)NCC(=O)N[C@@H](Cc1ccc(O)cc1)C(=O)O. The Balaban J connectivity index is 3.85. The van der Waals surface area contributed by atoms with Crippen molar-refractivity contribution >= 4 is 101 Å². The molecule has 0 saturated heterocycles. The summed E-state index contributed by atoms with van der Waals surface area (Å²) in [6.45, 7) is -1.04. The lowest BCUT2D eigenvalue weighted by molar-refractivity contribution is -0.141. The Bertz CT molecular complexity index is 3040. The number of carbonyl (C=O) groups excluding carboxylic acids is 11. The van der Waals surface area contributed by atoms with E-state index in [1.807, 2.05) is 0 Å². The summed E-state index contributed by atoms with van der Waals surface area (Å²) in [5, 5.41) is 44.9. The summed E-state index contributed by atoms with van der Waals surface area (Å²) in [6, 6.07) is -7.79. The molecule has 40 N–H and O–H groups in total. The lowest BCUT2D eigenvalue weighted by Crippen LogP contribution is -2.60. The van der Waals surface area contributed by atoms with E-state index in [2.05, 4.69) is 78.1 Å². The lowest BCUT2D eigenvalue weighted by Gasteiger charge is -2.28. The Morgan fingerprint density at radius 1 is 0.340 bits per heavy atom. The summed E-state index contributed by atoms with van der Waals surface area (Å²) in [5.41, 5.74) is 78.4. The number of carboxylic acids is 1. The maximum Gasteiger partial charge on any atom is 0.326 e. The van der Waals surface area contributed by atoms with Crippen LogP contribution in [0.5, 0.6) is 5.75 Å². The van der Waals surface area contributed by atoms with Crippen molar-refractivity contribution in [2.75, 3.05) is 58.9 Å². The molecule has 43 nitrogen and oxygen atoms in total. The summed E-state index contributed by atoms with van der Waals surface area (Å²) >= 11 is 0. The second-order valence-electron chi connectivity index (χ2n) is 23.6. The number of phenols is 1. The highest BCUT2D eigenvalue weighted by Crippen LogP contribution is 2.14. The van der Waals surface area contributed by atoms with Crippen LogP contribution in [0.15, 0.2) is 49.2 Å². The Morgan fingerprint density at radius 2 is 0.612 bits per heavy atom. The number of carboxylic acid groups (broad SMARTS) is 1. The van der Waals surface area contributed by atoms with E-state index in [0.717, 1.165) is 0 Å². The Morgan fingerprint density at radius 3 is 0.883 bits per heavy atom. The van der Waals surface area contributed by atoms with Crippen LogP contribution in [0.3, 0.4) is 0 Å². The number of carbonyl (C=O) groups is 12. The molecule has 0 fully saturated rings. The first-order valence-electron chi connectivity index (χ1n) is 33.5. The van der Waals surface area contributed by atoms with E-state index in [9.17, 15) is 67.7 Å². The first-order chi connectivity index (χ1) is 48.8. The van der Waals surface area contributed by atoms with Gasteiger partial charge in [-0.2, -0.15) is 0 Å². The van der Waals surface area contributed by atoms with Crippen LogP contribution < -0.4 is 133 Å². The number of phenolic OH excluding ortho intramolecular Hbond substituents is 1. The fourth-order valence-corrected chi connectivity index (χ4v) is 9.70. The number of hydrogen-bond donors (Lipinski definition) is 26. The second-order valence-corrected chi connectivity index (χ2v) is 23.6. The van der Waals surface area contributed by atoms with Gasteiger partial charge in [-0.15, -0.1) is 0 Å². The highest BCUT2D eigenvalue weighted by atomic mass is 16.4. The number of aliphatic carboxylic acids is 1. The summed E-state index contributed by atoms with van der Waals surface area (Å²) in [7, 11) is 0. The zero-order chi connectivity index (χ0) is 77.4. The molecular formula is C60H109N29O14. The molecule has 0 unspecified atom stereocenters. The van der Waals surface area contributed by atoms with Gasteiger partial charge in [-0.05, 0) is 140 Å². The van der Waals surface area contributed by atoms with Crippen molar-refractivity contribution in [3.8, 4) is 5.75 Å². The number of primary amides is 1. The van der Waals surface area contributed by atoms with Crippen molar-refractivity contribution in [3.63, 3.8) is 0 Å². The van der Waals surface area contributed by atoms with Gasteiger partial charge in [-0.1, -0.05) is 12.1 Å². The zero-order valence-electron chi connectivity index (χ0n) is 57.9. The molecule has 0 saturated carbocycles. The van der Waals surface area contributed by atoms with E-state index in [0.29, 0.717) is 24.8 Å². The predicted molar refractivity (Wildman–Crippen MR) is 383 cm³/mol. The number of aromatic hydroxyl groups is 1. The lowest BCUT2D eigenvalue weighted by atomic mass is 10.0. The van der Waals surface area contributed by atoms with Gasteiger partial charge in [0.2, 0.25) is 65.0 Å². The number of unbranched alkanes of at least 4 members (excludes halogenated alkanes) is 2. The number of nitrogens with zero attached hydrogens (tertiary/aromatic N) is 5. The number of amides is 11. The Labute approximate surface area is 595 Å². The molecule has 1 aromatic rings. The molecule has 0 spiro atoms. The molecule has 9 atom stereocenters. The molecule has 11 amide bonds. The summed E-state index contributed by atoms with van der Waals surface area (Å²) in [4.78, 5) is 185. The first kappa shape index (κ1) is 89.9. The van der Waals surface area contributed by atoms with E-state index >= 15 is 0 Å². The normalized spacial score (nSPS) is 13.3. The smallest absolute Gasteiger partial charge is 0.326 e. The van der Waals surface area contributed by atoms with Gasteiger partial charge in [0, 0.05) is 45.6 Å². The average Bonchev–Trinajstić information content (AvgIpc) is 0.864. The van der Waals surface area contributed by atoms with Gasteiger partial charge in [-0.3, -0.25) is 77.7 Å². The summed E-state index contributed by atoms with van der Waals surface area (Å²) in [6.07, 6.45) is -0.509. The molecule has 103 heavy (non-hydrogen) atoms. The van der Waals surface area contributed by atoms with Crippen molar-refractivity contribution in [3.05, 3.63) is 29.8 Å². The number of nitrogens with one attached hydrogen (secondary N) is 10. The third kappa shape index (κ3) is 41.3. The first-order valence-corrected chi connectivity index (χ1v) is 33.5. The number of hydrogen-bond acceptors (Lipinski definition) is 21. The molecule has 578 valence electrons. The van der Waals surface area contributed by atoms with Gasteiger partial charge in [-0.25, -0.2) is 4.79 Å².